The standard InChI is InChI=1S/C17H24N2S/c1-2-7-14(8-3-1)13-20-16-10-5-4-9-15(16)17-18-11-6-12-19-17/h4-5,9-10,14H,1-3,6-8,11-13H2,(H,18,19). The molecule has 0 bridgehead atoms. The Kier molecular flexibility index (Phi) is 5.01. The first-order valence-electron chi connectivity index (χ1n) is 7.94. The van der Waals surface area contributed by atoms with E-state index in [0.717, 1.165) is 31.3 Å². The molecule has 2 nitrogen and oxygen atoms in total. The summed E-state index contributed by atoms with van der Waals surface area (Å²) in [6.07, 6.45) is 8.31. The fourth-order valence-corrected chi connectivity index (χ4v) is 4.31. The molecule has 0 spiro atoms. The molecule has 1 N–H and O–H groups in total. The molecule has 0 atom stereocenters. The maximum atomic E-state index is 4.65. The highest BCUT2D eigenvalue weighted by molar-refractivity contribution is 7.99. The van der Waals surface area contributed by atoms with Crippen LogP contribution in [0.1, 0.15) is 44.1 Å². The van der Waals surface area contributed by atoms with Crippen molar-refractivity contribution in [2.45, 2.75) is 43.4 Å². The fraction of sp³-hybridized carbons (Fsp3) is 0.588. The number of nitrogens with zero attached hydrogens (tertiary/aromatic N) is 1. The highest BCUT2D eigenvalue weighted by atomic mass is 32.2. The average Bonchev–Trinajstić information content (AvgIpc) is 2.55. The Hall–Kier alpha value is -0.960. The minimum Gasteiger partial charge on any atom is -0.370 e. The van der Waals surface area contributed by atoms with Crippen molar-refractivity contribution < 1.29 is 0 Å². The van der Waals surface area contributed by atoms with Crippen molar-refractivity contribution in [3.63, 3.8) is 0 Å². The molecule has 20 heavy (non-hydrogen) atoms. The third-order valence-electron chi connectivity index (χ3n) is 4.24. The van der Waals surface area contributed by atoms with Crippen LogP contribution in [-0.4, -0.2) is 24.7 Å². The molecule has 0 saturated heterocycles. The summed E-state index contributed by atoms with van der Waals surface area (Å²) >= 11 is 2.03. The summed E-state index contributed by atoms with van der Waals surface area (Å²) in [6.45, 7) is 2.02. The Bertz CT molecular complexity index is 464. The first kappa shape index (κ1) is 14.0. The quantitative estimate of drug-likeness (QED) is 0.844. The van der Waals surface area contributed by atoms with Crippen LogP contribution >= 0.6 is 11.8 Å². The van der Waals surface area contributed by atoms with Crippen LogP contribution in [0.3, 0.4) is 0 Å². The smallest absolute Gasteiger partial charge is 0.129 e. The lowest BCUT2D eigenvalue weighted by Crippen LogP contribution is -2.30. The molecular formula is C17H24N2S. The summed E-state index contributed by atoms with van der Waals surface area (Å²) in [7, 11) is 0. The lowest BCUT2D eigenvalue weighted by atomic mass is 9.91. The normalized spacial score (nSPS) is 20.3. The van der Waals surface area contributed by atoms with E-state index in [2.05, 4.69) is 34.6 Å². The zero-order chi connectivity index (χ0) is 13.6. The van der Waals surface area contributed by atoms with E-state index in [1.54, 1.807) is 0 Å². The molecule has 0 aromatic heterocycles. The van der Waals surface area contributed by atoms with Crippen molar-refractivity contribution in [3.05, 3.63) is 29.8 Å². The van der Waals surface area contributed by atoms with Crippen LogP contribution in [0.2, 0.25) is 0 Å². The topological polar surface area (TPSA) is 24.4 Å². The van der Waals surface area contributed by atoms with Crippen LogP contribution in [0.25, 0.3) is 0 Å². The van der Waals surface area contributed by atoms with Gasteiger partial charge in [0.2, 0.25) is 0 Å². The number of hydrogen-bond acceptors (Lipinski definition) is 3. The van der Waals surface area contributed by atoms with Gasteiger partial charge in [-0.25, -0.2) is 0 Å². The first-order chi connectivity index (χ1) is 9.93. The summed E-state index contributed by atoms with van der Waals surface area (Å²) in [6, 6.07) is 8.73. The summed E-state index contributed by atoms with van der Waals surface area (Å²) in [5.41, 5.74) is 1.30. The lowest BCUT2D eigenvalue weighted by molar-refractivity contribution is 0.391. The molecule has 1 aromatic carbocycles. The van der Waals surface area contributed by atoms with Gasteiger partial charge in [0.1, 0.15) is 5.84 Å². The minimum absolute atomic E-state index is 0.919. The summed E-state index contributed by atoms with van der Waals surface area (Å²) in [5, 5.41) is 3.45. The predicted octanol–water partition coefficient (Wildman–Crippen LogP) is 4.10. The Balaban J connectivity index is 1.67. The average molecular weight is 288 g/mol. The molecule has 1 aliphatic heterocycles. The molecule has 0 radical (unpaired) electrons. The zero-order valence-corrected chi connectivity index (χ0v) is 12.9. The van der Waals surface area contributed by atoms with E-state index >= 15 is 0 Å². The largest absolute Gasteiger partial charge is 0.370 e. The molecule has 1 heterocycles. The lowest BCUT2D eigenvalue weighted by Gasteiger charge is -2.22. The minimum atomic E-state index is 0.919. The fourth-order valence-electron chi connectivity index (χ4n) is 3.06. The zero-order valence-electron chi connectivity index (χ0n) is 12.1. The monoisotopic (exact) mass is 288 g/mol. The van der Waals surface area contributed by atoms with Crippen LogP contribution in [-0.2, 0) is 0 Å². The van der Waals surface area contributed by atoms with Gasteiger partial charge in [-0.1, -0.05) is 37.5 Å². The maximum Gasteiger partial charge on any atom is 0.129 e. The van der Waals surface area contributed by atoms with Crippen molar-refractivity contribution in [1.29, 1.82) is 0 Å². The van der Waals surface area contributed by atoms with E-state index in [-0.39, 0.29) is 0 Å². The van der Waals surface area contributed by atoms with Gasteiger partial charge in [-0.3, -0.25) is 4.99 Å². The number of aliphatic imine (C=N–C) groups is 1. The van der Waals surface area contributed by atoms with Gasteiger partial charge in [-0.05, 0) is 31.2 Å². The molecule has 2 aliphatic rings. The van der Waals surface area contributed by atoms with Gasteiger partial charge in [0.15, 0.2) is 0 Å². The molecule has 1 aromatic rings. The van der Waals surface area contributed by atoms with Gasteiger partial charge in [0, 0.05) is 29.3 Å². The first-order valence-corrected chi connectivity index (χ1v) is 8.92. The van der Waals surface area contributed by atoms with Crippen LogP contribution < -0.4 is 5.32 Å². The number of rotatable bonds is 4. The predicted molar refractivity (Wildman–Crippen MR) is 87.8 cm³/mol. The summed E-state index contributed by atoms with van der Waals surface area (Å²) in [5.74, 6) is 3.29. The van der Waals surface area contributed by atoms with E-state index in [9.17, 15) is 0 Å². The Morgan fingerprint density at radius 1 is 1.10 bits per heavy atom. The second-order valence-electron chi connectivity index (χ2n) is 5.82. The number of hydrogen-bond donors (Lipinski definition) is 1. The van der Waals surface area contributed by atoms with E-state index in [1.807, 2.05) is 11.8 Å². The van der Waals surface area contributed by atoms with Gasteiger partial charge >= 0.3 is 0 Å². The van der Waals surface area contributed by atoms with Gasteiger partial charge in [-0.2, -0.15) is 0 Å². The molecular weight excluding hydrogens is 264 g/mol. The third kappa shape index (κ3) is 3.57. The van der Waals surface area contributed by atoms with E-state index < -0.39 is 0 Å². The number of amidine groups is 1. The molecule has 3 heteroatoms. The molecule has 108 valence electrons. The highest BCUT2D eigenvalue weighted by Crippen LogP contribution is 2.31. The van der Waals surface area contributed by atoms with Crippen molar-refractivity contribution in [3.8, 4) is 0 Å². The van der Waals surface area contributed by atoms with Crippen molar-refractivity contribution in [1.82, 2.24) is 5.32 Å². The Morgan fingerprint density at radius 2 is 1.95 bits per heavy atom. The molecule has 3 rings (SSSR count). The van der Waals surface area contributed by atoms with Crippen LogP contribution in [0.4, 0.5) is 0 Å². The van der Waals surface area contributed by atoms with Crippen molar-refractivity contribution in [2.24, 2.45) is 10.9 Å². The molecule has 0 amide bonds. The van der Waals surface area contributed by atoms with Gasteiger partial charge < -0.3 is 5.32 Å². The summed E-state index contributed by atoms with van der Waals surface area (Å²) < 4.78 is 0. The van der Waals surface area contributed by atoms with Gasteiger partial charge in [0.25, 0.3) is 0 Å². The van der Waals surface area contributed by atoms with Crippen molar-refractivity contribution >= 4 is 17.6 Å². The van der Waals surface area contributed by atoms with E-state index in [4.69, 9.17) is 0 Å². The second kappa shape index (κ2) is 7.16. The summed E-state index contributed by atoms with van der Waals surface area (Å²) in [4.78, 5) is 6.04. The molecule has 1 aliphatic carbocycles. The number of nitrogens with one attached hydrogen (secondary N) is 1. The SMILES string of the molecule is c1ccc(C2=NCCCN2)c(SCC2CCCCC2)c1. The molecule has 0 unspecified atom stereocenters. The van der Waals surface area contributed by atoms with Crippen LogP contribution in [0.5, 0.6) is 0 Å². The van der Waals surface area contributed by atoms with Gasteiger partial charge in [0.05, 0.1) is 0 Å². The number of thioether (sulfide) groups is 1. The Labute approximate surface area is 126 Å². The van der Waals surface area contributed by atoms with Crippen molar-refractivity contribution in [2.75, 3.05) is 18.8 Å². The van der Waals surface area contributed by atoms with Crippen LogP contribution in [0.15, 0.2) is 34.2 Å². The Morgan fingerprint density at radius 3 is 2.75 bits per heavy atom. The van der Waals surface area contributed by atoms with E-state index in [0.29, 0.717) is 0 Å². The maximum absolute atomic E-state index is 4.65. The highest BCUT2D eigenvalue weighted by Gasteiger charge is 2.16. The van der Waals surface area contributed by atoms with E-state index in [1.165, 1.54) is 48.3 Å². The van der Waals surface area contributed by atoms with Crippen LogP contribution in [0, 0.1) is 5.92 Å². The molecule has 1 saturated carbocycles. The van der Waals surface area contributed by atoms with Gasteiger partial charge in [-0.15, -0.1) is 11.8 Å². The molecule has 1 fully saturated rings. The second-order valence-corrected chi connectivity index (χ2v) is 6.88. The third-order valence-corrected chi connectivity index (χ3v) is 5.54. The number of benzene rings is 1.